The molecule has 18 heavy (non-hydrogen) atoms. The highest BCUT2D eigenvalue weighted by molar-refractivity contribution is 5.85. The molecule has 0 aliphatic heterocycles. The molecule has 0 spiro atoms. The van der Waals surface area contributed by atoms with Crippen molar-refractivity contribution in [2.45, 2.75) is 6.54 Å². The van der Waals surface area contributed by atoms with Gasteiger partial charge in [-0.2, -0.15) is 5.10 Å². The van der Waals surface area contributed by atoms with Gasteiger partial charge in [-0.15, -0.1) is 24.8 Å². The lowest BCUT2D eigenvalue weighted by molar-refractivity contribution is 0.766. The van der Waals surface area contributed by atoms with Crippen LogP contribution in [0.1, 0.15) is 5.56 Å². The Morgan fingerprint density at radius 1 is 1.22 bits per heavy atom. The highest BCUT2D eigenvalue weighted by atomic mass is 35.5. The molecule has 0 unspecified atom stereocenters. The Bertz CT molecular complexity index is 467. The number of halogens is 2. The van der Waals surface area contributed by atoms with Crippen molar-refractivity contribution in [1.82, 2.24) is 9.78 Å². The number of aromatic nitrogens is 2. The first-order valence-electron chi connectivity index (χ1n) is 5.19. The maximum absolute atomic E-state index is 5.65. The second kappa shape index (κ2) is 7.13. The second-order valence-corrected chi connectivity index (χ2v) is 3.97. The van der Waals surface area contributed by atoms with Gasteiger partial charge in [-0.1, -0.05) is 0 Å². The van der Waals surface area contributed by atoms with E-state index in [9.17, 15) is 0 Å². The highest BCUT2D eigenvalue weighted by Gasteiger charge is 2.03. The fourth-order valence-electron chi connectivity index (χ4n) is 1.65. The van der Waals surface area contributed by atoms with Crippen LogP contribution in [0.4, 0.5) is 11.4 Å². The molecule has 0 radical (unpaired) electrons. The van der Waals surface area contributed by atoms with E-state index in [1.807, 2.05) is 48.4 Å². The Kier molecular flexibility index (Phi) is 6.58. The van der Waals surface area contributed by atoms with E-state index < -0.39 is 0 Å². The zero-order chi connectivity index (χ0) is 11.5. The monoisotopic (exact) mass is 288 g/mol. The van der Waals surface area contributed by atoms with Crippen molar-refractivity contribution in [2.75, 3.05) is 17.7 Å². The van der Waals surface area contributed by atoms with Crippen molar-refractivity contribution < 1.29 is 0 Å². The molecule has 0 saturated heterocycles. The molecule has 4 nitrogen and oxygen atoms in total. The lowest BCUT2D eigenvalue weighted by atomic mass is 10.2. The van der Waals surface area contributed by atoms with Crippen molar-refractivity contribution in [3.63, 3.8) is 0 Å². The van der Waals surface area contributed by atoms with Gasteiger partial charge in [0.05, 0.1) is 6.20 Å². The van der Waals surface area contributed by atoms with Gasteiger partial charge < -0.3 is 10.6 Å². The minimum Gasteiger partial charge on any atom is -0.399 e. The van der Waals surface area contributed by atoms with Crippen molar-refractivity contribution >= 4 is 36.2 Å². The van der Waals surface area contributed by atoms with Crippen molar-refractivity contribution in [3.05, 3.63) is 42.2 Å². The van der Waals surface area contributed by atoms with E-state index in [1.165, 1.54) is 5.56 Å². The van der Waals surface area contributed by atoms with E-state index in [0.717, 1.165) is 17.9 Å². The third-order valence-corrected chi connectivity index (χ3v) is 2.51. The normalized spacial score (nSPS) is 9.22. The quantitative estimate of drug-likeness (QED) is 0.883. The molecular formula is C12H18Cl2N4. The summed E-state index contributed by atoms with van der Waals surface area (Å²) < 4.78 is 1.81. The fraction of sp³-hybridized carbons (Fsp3) is 0.250. The summed E-state index contributed by atoms with van der Waals surface area (Å²) in [5.74, 6) is 0. The van der Waals surface area contributed by atoms with Crippen LogP contribution in [0, 0.1) is 0 Å². The van der Waals surface area contributed by atoms with Crippen LogP contribution in [-0.2, 0) is 13.6 Å². The van der Waals surface area contributed by atoms with E-state index in [4.69, 9.17) is 5.73 Å². The summed E-state index contributed by atoms with van der Waals surface area (Å²) in [6.07, 6.45) is 3.90. The van der Waals surface area contributed by atoms with Crippen LogP contribution in [0.2, 0.25) is 0 Å². The third-order valence-electron chi connectivity index (χ3n) is 2.51. The number of hydrogen-bond donors (Lipinski definition) is 1. The zero-order valence-corrected chi connectivity index (χ0v) is 12.0. The Morgan fingerprint density at radius 3 is 2.33 bits per heavy atom. The summed E-state index contributed by atoms with van der Waals surface area (Å²) in [6, 6.07) is 7.86. The Hall–Kier alpha value is -1.39. The minimum atomic E-state index is 0. The predicted molar refractivity (Wildman–Crippen MR) is 80.7 cm³/mol. The van der Waals surface area contributed by atoms with Gasteiger partial charge in [-0.3, -0.25) is 4.68 Å². The topological polar surface area (TPSA) is 47.1 Å². The Labute approximate surface area is 120 Å². The van der Waals surface area contributed by atoms with Gasteiger partial charge in [0, 0.05) is 43.8 Å². The largest absolute Gasteiger partial charge is 0.399 e. The van der Waals surface area contributed by atoms with Gasteiger partial charge in [-0.05, 0) is 24.3 Å². The summed E-state index contributed by atoms with van der Waals surface area (Å²) in [6.45, 7) is 0.845. The first-order chi connectivity index (χ1) is 7.65. The molecule has 1 aromatic carbocycles. The molecule has 0 aliphatic rings. The predicted octanol–water partition coefficient (Wildman–Crippen LogP) is 2.48. The summed E-state index contributed by atoms with van der Waals surface area (Å²) >= 11 is 0. The first kappa shape index (κ1) is 16.6. The number of nitrogens with two attached hydrogens (primary N) is 1. The molecule has 0 saturated carbocycles. The van der Waals surface area contributed by atoms with Gasteiger partial charge in [0.15, 0.2) is 0 Å². The Morgan fingerprint density at radius 2 is 1.83 bits per heavy atom. The maximum atomic E-state index is 5.65. The van der Waals surface area contributed by atoms with Gasteiger partial charge in [-0.25, -0.2) is 0 Å². The Balaban J connectivity index is 0.00000144. The van der Waals surface area contributed by atoms with Crippen molar-refractivity contribution in [1.29, 1.82) is 0 Å². The standard InChI is InChI=1S/C12H16N4.2ClH/c1-15(8-10-7-14-16(2)9-10)12-5-3-11(13)4-6-12;;/h3-7,9H,8,13H2,1-2H3;2*1H. The van der Waals surface area contributed by atoms with Crippen LogP contribution in [0.3, 0.4) is 0 Å². The van der Waals surface area contributed by atoms with Crippen molar-refractivity contribution in [2.24, 2.45) is 7.05 Å². The molecule has 1 heterocycles. The molecule has 0 amide bonds. The fourth-order valence-corrected chi connectivity index (χ4v) is 1.65. The van der Waals surface area contributed by atoms with Crippen LogP contribution in [-0.4, -0.2) is 16.8 Å². The van der Waals surface area contributed by atoms with Crippen molar-refractivity contribution in [3.8, 4) is 0 Å². The zero-order valence-electron chi connectivity index (χ0n) is 10.4. The molecule has 0 aliphatic carbocycles. The second-order valence-electron chi connectivity index (χ2n) is 3.97. The molecule has 0 bridgehead atoms. The molecule has 0 atom stereocenters. The van der Waals surface area contributed by atoms with E-state index in [2.05, 4.69) is 17.0 Å². The molecule has 1 aromatic heterocycles. The molecular weight excluding hydrogens is 271 g/mol. The highest BCUT2D eigenvalue weighted by Crippen LogP contribution is 2.16. The van der Waals surface area contributed by atoms with Gasteiger partial charge in [0.1, 0.15) is 0 Å². The minimum absolute atomic E-state index is 0. The number of rotatable bonds is 3. The van der Waals surface area contributed by atoms with Crippen LogP contribution >= 0.6 is 24.8 Å². The molecule has 100 valence electrons. The SMILES string of the molecule is CN(Cc1cnn(C)c1)c1ccc(N)cc1.Cl.Cl. The van der Waals surface area contributed by atoms with E-state index >= 15 is 0 Å². The number of benzene rings is 1. The van der Waals surface area contributed by atoms with Gasteiger partial charge in [0.25, 0.3) is 0 Å². The molecule has 2 aromatic rings. The van der Waals surface area contributed by atoms with Crippen LogP contribution < -0.4 is 10.6 Å². The molecule has 2 rings (SSSR count). The first-order valence-corrected chi connectivity index (χ1v) is 5.19. The maximum Gasteiger partial charge on any atom is 0.0539 e. The molecule has 0 fully saturated rings. The van der Waals surface area contributed by atoms with Crippen LogP contribution in [0.5, 0.6) is 0 Å². The summed E-state index contributed by atoms with van der Waals surface area (Å²) in [5.41, 5.74) is 8.79. The van der Waals surface area contributed by atoms with E-state index in [1.54, 1.807) is 0 Å². The average molecular weight is 289 g/mol. The molecule has 2 N–H and O–H groups in total. The lowest BCUT2D eigenvalue weighted by Crippen LogP contribution is -2.15. The van der Waals surface area contributed by atoms with Gasteiger partial charge >= 0.3 is 0 Å². The number of anilines is 2. The number of nitrogens with zero attached hydrogens (tertiary/aromatic N) is 3. The summed E-state index contributed by atoms with van der Waals surface area (Å²) in [5, 5.41) is 4.15. The number of nitrogen functional groups attached to an aromatic ring is 1. The van der Waals surface area contributed by atoms with E-state index in [-0.39, 0.29) is 24.8 Å². The third kappa shape index (κ3) is 4.13. The number of hydrogen-bond acceptors (Lipinski definition) is 3. The molecule has 6 heteroatoms. The van der Waals surface area contributed by atoms with E-state index in [0.29, 0.717) is 0 Å². The average Bonchev–Trinajstić information content (AvgIpc) is 2.65. The lowest BCUT2D eigenvalue weighted by Gasteiger charge is -2.18. The van der Waals surface area contributed by atoms with Crippen LogP contribution in [0.15, 0.2) is 36.7 Å². The summed E-state index contributed by atoms with van der Waals surface area (Å²) in [7, 11) is 3.98. The summed E-state index contributed by atoms with van der Waals surface area (Å²) in [4.78, 5) is 2.16. The van der Waals surface area contributed by atoms with Crippen LogP contribution in [0.25, 0.3) is 0 Å². The number of aryl methyl sites for hydroxylation is 1. The van der Waals surface area contributed by atoms with Gasteiger partial charge in [0.2, 0.25) is 0 Å². The smallest absolute Gasteiger partial charge is 0.0539 e.